The van der Waals surface area contributed by atoms with E-state index in [1.54, 1.807) is 13.0 Å². The molecule has 0 rings (SSSR count). The summed E-state index contributed by atoms with van der Waals surface area (Å²) in [6, 6.07) is 0. The van der Waals surface area contributed by atoms with Gasteiger partial charge in [-0.1, -0.05) is 6.08 Å². The normalized spacial score (nSPS) is 16.3. The third kappa shape index (κ3) is 4.83. The van der Waals surface area contributed by atoms with Crippen molar-refractivity contribution < 1.29 is 5.11 Å². The zero-order valence-electron chi connectivity index (χ0n) is 6.44. The van der Waals surface area contributed by atoms with Gasteiger partial charge in [-0.2, -0.15) is 0 Å². The average Bonchev–Trinajstić information content (AvgIpc) is 1.84. The van der Waals surface area contributed by atoms with Crippen molar-refractivity contribution >= 4 is 11.6 Å². The SMILES string of the molecule is C=CCC(C)(O)CCCCl. The molecular weight excluding hydrogens is 148 g/mol. The molecule has 0 aromatic rings. The highest BCUT2D eigenvalue weighted by atomic mass is 35.5. The maximum atomic E-state index is 9.52. The fraction of sp³-hybridized carbons (Fsp3) is 0.750. The van der Waals surface area contributed by atoms with E-state index in [0.717, 1.165) is 12.8 Å². The van der Waals surface area contributed by atoms with Gasteiger partial charge in [-0.25, -0.2) is 0 Å². The highest BCUT2D eigenvalue weighted by molar-refractivity contribution is 6.17. The summed E-state index contributed by atoms with van der Waals surface area (Å²) in [5, 5.41) is 9.52. The Kier molecular flexibility index (Phi) is 4.75. The standard InChI is InChI=1S/C8H15ClO/c1-3-5-8(2,10)6-4-7-9/h3,10H,1,4-7H2,2H3. The second kappa shape index (κ2) is 4.75. The predicted molar refractivity (Wildman–Crippen MR) is 45.4 cm³/mol. The lowest BCUT2D eigenvalue weighted by atomic mass is 9.97. The minimum Gasteiger partial charge on any atom is -0.390 e. The largest absolute Gasteiger partial charge is 0.390 e. The van der Waals surface area contributed by atoms with Crippen LogP contribution in [0.25, 0.3) is 0 Å². The third-order valence-corrected chi connectivity index (χ3v) is 1.70. The summed E-state index contributed by atoms with van der Waals surface area (Å²) in [6.07, 6.45) is 3.99. The van der Waals surface area contributed by atoms with Crippen LogP contribution in [0.4, 0.5) is 0 Å². The lowest BCUT2D eigenvalue weighted by Gasteiger charge is -2.20. The second-order valence-electron chi connectivity index (χ2n) is 2.78. The molecule has 1 unspecified atom stereocenters. The molecule has 2 heteroatoms. The van der Waals surface area contributed by atoms with Crippen LogP contribution < -0.4 is 0 Å². The molecule has 1 nitrogen and oxygen atoms in total. The van der Waals surface area contributed by atoms with Crippen LogP contribution in [-0.2, 0) is 0 Å². The monoisotopic (exact) mass is 162 g/mol. The second-order valence-corrected chi connectivity index (χ2v) is 3.16. The minimum absolute atomic E-state index is 0.601. The van der Waals surface area contributed by atoms with Gasteiger partial charge in [-0.3, -0.25) is 0 Å². The Balaban J connectivity index is 3.51. The molecule has 0 aromatic heterocycles. The van der Waals surface area contributed by atoms with Gasteiger partial charge >= 0.3 is 0 Å². The molecular formula is C8H15ClO. The Hall–Kier alpha value is -0.0100. The van der Waals surface area contributed by atoms with Gasteiger partial charge in [-0.15, -0.1) is 18.2 Å². The van der Waals surface area contributed by atoms with Gasteiger partial charge < -0.3 is 5.11 Å². The van der Waals surface area contributed by atoms with Gasteiger partial charge in [-0.05, 0) is 26.2 Å². The molecule has 0 fully saturated rings. The van der Waals surface area contributed by atoms with E-state index in [9.17, 15) is 5.11 Å². The Morgan fingerprint density at radius 1 is 1.70 bits per heavy atom. The van der Waals surface area contributed by atoms with Gasteiger partial charge in [0.25, 0.3) is 0 Å². The van der Waals surface area contributed by atoms with Crippen LogP contribution in [0.1, 0.15) is 26.2 Å². The van der Waals surface area contributed by atoms with Crippen LogP contribution in [-0.4, -0.2) is 16.6 Å². The molecule has 0 aliphatic heterocycles. The highest BCUT2D eigenvalue weighted by Crippen LogP contribution is 2.16. The Morgan fingerprint density at radius 3 is 2.70 bits per heavy atom. The molecule has 0 bridgehead atoms. The van der Waals surface area contributed by atoms with Gasteiger partial charge in [0.15, 0.2) is 0 Å². The van der Waals surface area contributed by atoms with Crippen molar-refractivity contribution in [2.75, 3.05) is 5.88 Å². The Morgan fingerprint density at radius 2 is 2.30 bits per heavy atom. The van der Waals surface area contributed by atoms with E-state index in [4.69, 9.17) is 11.6 Å². The number of hydrogen-bond acceptors (Lipinski definition) is 1. The molecule has 0 saturated carbocycles. The molecule has 60 valence electrons. The van der Waals surface area contributed by atoms with E-state index in [-0.39, 0.29) is 0 Å². The first kappa shape index (κ1) is 9.99. The van der Waals surface area contributed by atoms with Crippen LogP contribution in [0, 0.1) is 0 Å². The predicted octanol–water partition coefficient (Wildman–Crippen LogP) is 2.33. The number of rotatable bonds is 5. The first-order chi connectivity index (χ1) is 4.62. The van der Waals surface area contributed by atoms with Gasteiger partial charge in [0.05, 0.1) is 5.60 Å². The van der Waals surface area contributed by atoms with Crippen molar-refractivity contribution in [1.29, 1.82) is 0 Å². The van der Waals surface area contributed by atoms with Crippen molar-refractivity contribution in [3.63, 3.8) is 0 Å². The number of alkyl halides is 1. The molecule has 1 atom stereocenters. The Labute approximate surface area is 67.7 Å². The molecule has 0 saturated heterocycles. The van der Waals surface area contributed by atoms with Crippen molar-refractivity contribution in [3.05, 3.63) is 12.7 Å². The molecule has 0 aromatic carbocycles. The lowest BCUT2D eigenvalue weighted by molar-refractivity contribution is 0.0536. The molecule has 0 aliphatic carbocycles. The van der Waals surface area contributed by atoms with Gasteiger partial charge in [0, 0.05) is 5.88 Å². The first-order valence-electron chi connectivity index (χ1n) is 3.51. The average molecular weight is 163 g/mol. The molecule has 0 aliphatic rings. The summed E-state index contributed by atoms with van der Waals surface area (Å²) >= 11 is 5.47. The van der Waals surface area contributed by atoms with Gasteiger partial charge in [0.1, 0.15) is 0 Å². The van der Waals surface area contributed by atoms with E-state index in [0.29, 0.717) is 12.3 Å². The quantitative estimate of drug-likeness (QED) is 0.486. The maximum absolute atomic E-state index is 9.52. The van der Waals surface area contributed by atoms with E-state index in [2.05, 4.69) is 6.58 Å². The highest BCUT2D eigenvalue weighted by Gasteiger charge is 2.16. The molecule has 0 amide bonds. The fourth-order valence-electron chi connectivity index (χ4n) is 0.861. The minimum atomic E-state index is -0.601. The summed E-state index contributed by atoms with van der Waals surface area (Å²) in [4.78, 5) is 0. The van der Waals surface area contributed by atoms with Crippen LogP contribution in [0.3, 0.4) is 0 Å². The molecule has 1 N–H and O–H groups in total. The summed E-state index contributed by atoms with van der Waals surface area (Å²) < 4.78 is 0. The zero-order valence-corrected chi connectivity index (χ0v) is 7.19. The summed E-state index contributed by atoms with van der Waals surface area (Å²) in [5.74, 6) is 0.618. The molecule has 0 heterocycles. The van der Waals surface area contributed by atoms with E-state index >= 15 is 0 Å². The number of halogens is 1. The van der Waals surface area contributed by atoms with Crippen LogP contribution in [0.2, 0.25) is 0 Å². The van der Waals surface area contributed by atoms with Crippen LogP contribution in [0.15, 0.2) is 12.7 Å². The third-order valence-electron chi connectivity index (χ3n) is 1.43. The van der Waals surface area contributed by atoms with E-state index in [1.165, 1.54) is 0 Å². The zero-order chi connectivity index (χ0) is 8.04. The first-order valence-corrected chi connectivity index (χ1v) is 4.05. The lowest BCUT2D eigenvalue weighted by Crippen LogP contribution is -2.22. The van der Waals surface area contributed by atoms with E-state index in [1.807, 2.05) is 0 Å². The fourth-order valence-corrected chi connectivity index (χ4v) is 0.994. The smallest absolute Gasteiger partial charge is 0.0654 e. The number of hydrogen-bond donors (Lipinski definition) is 1. The number of aliphatic hydroxyl groups is 1. The summed E-state index contributed by atoms with van der Waals surface area (Å²) in [6.45, 7) is 5.37. The van der Waals surface area contributed by atoms with Crippen molar-refractivity contribution in [3.8, 4) is 0 Å². The van der Waals surface area contributed by atoms with Crippen LogP contribution in [0.5, 0.6) is 0 Å². The van der Waals surface area contributed by atoms with Crippen molar-refractivity contribution in [2.45, 2.75) is 31.8 Å². The summed E-state index contributed by atoms with van der Waals surface area (Å²) in [5.41, 5.74) is -0.601. The maximum Gasteiger partial charge on any atom is 0.0654 e. The van der Waals surface area contributed by atoms with Gasteiger partial charge in [0.2, 0.25) is 0 Å². The summed E-state index contributed by atoms with van der Waals surface area (Å²) in [7, 11) is 0. The van der Waals surface area contributed by atoms with Crippen LogP contribution >= 0.6 is 11.6 Å². The van der Waals surface area contributed by atoms with E-state index < -0.39 is 5.60 Å². The topological polar surface area (TPSA) is 20.2 Å². The molecule has 0 radical (unpaired) electrons. The van der Waals surface area contributed by atoms with Crippen molar-refractivity contribution in [1.82, 2.24) is 0 Å². The molecule has 10 heavy (non-hydrogen) atoms. The Bertz CT molecular complexity index is 99.4. The van der Waals surface area contributed by atoms with Crippen molar-refractivity contribution in [2.24, 2.45) is 0 Å². The molecule has 0 spiro atoms.